The van der Waals surface area contributed by atoms with Crippen LogP contribution in [0.25, 0.3) is 0 Å². The van der Waals surface area contributed by atoms with E-state index >= 15 is 0 Å². The molecule has 6 heteroatoms. The number of allylic oxidation sites excluding steroid dienone is 12. The Bertz CT molecular complexity index is 1490. The van der Waals surface area contributed by atoms with Crippen LogP contribution in [0.4, 0.5) is 0 Å². The van der Waals surface area contributed by atoms with Crippen molar-refractivity contribution in [3.05, 3.63) is 72.9 Å². The zero-order valence-corrected chi connectivity index (χ0v) is 54.1. The second-order valence-corrected chi connectivity index (χ2v) is 23.8. The Hall–Kier alpha value is -3.15. The van der Waals surface area contributed by atoms with E-state index in [9.17, 15) is 14.4 Å². The van der Waals surface area contributed by atoms with Gasteiger partial charge in [-0.1, -0.05) is 306 Å². The highest BCUT2D eigenvalue weighted by Gasteiger charge is 2.19. The molecule has 0 aromatic carbocycles. The van der Waals surface area contributed by atoms with Gasteiger partial charge in [-0.25, -0.2) is 0 Å². The summed E-state index contributed by atoms with van der Waals surface area (Å²) in [6.07, 6.45) is 90.6. The topological polar surface area (TPSA) is 78.9 Å². The Morgan fingerprint density at radius 2 is 0.444 bits per heavy atom. The standard InChI is InChI=1S/C75H134O6/c1-4-7-10-13-16-19-22-25-28-30-32-34-36-37-39-40-42-44-47-50-53-56-59-62-65-68-74(77)80-71-72(70-79-73(76)67-64-61-58-55-52-49-46-27-24-21-18-15-12-9-6-3)81-75(78)69-66-63-60-57-54-51-48-45-43-41-38-35-33-31-29-26-23-20-17-14-11-8-5-2/h22-23,25-27,30-33,36-37,46,72H,4-21,24,28-29,34-35,38-45,47-71H2,1-3H3/b25-22-,26-23-,32-30-,33-31-,37-36-,46-27-. The summed E-state index contributed by atoms with van der Waals surface area (Å²) in [6, 6.07) is 0. The number of carbonyl (C=O) groups is 3. The molecule has 0 spiro atoms. The van der Waals surface area contributed by atoms with E-state index < -0.39 is 6.10 Å². The fourth-order valence-electron chi connectivity index (χ4n) is 10.3. The first-order chi connectivity index (χ1) is 40.0. The number of carbonyl (C=O) groups excluding carboxylic acids is 3. The zero-order chi connectivity index (χ0) is 58.5. The maximum Gasteiger partial charge on any atom is 0.306 e. The maximum atomic E-state index is 13.0. The van der Waals surface area contributed by atoms with Gasteiger partial charge in [0.2, 0.25) is 0 Å². The van der Waals surface area contributed by atoms with Crippen molar-refractivity contribution in [2.45, 2.75) is 374 Å². The molecule has 0 bridgehead atoms. The maximum absolute atomic E-state index is 13.0. The molecule has 1 atom stereocenters. The molecule has 0 heterocycles. The van der Waals surface area contributed by atoms with Crippen LogP contribution in [0.2, 0.25) is 0 Å². The molecule has 0 amide bonds. The first-order valence-electron chi connectivity index (χ1n) is 35.4. The third-order valence-electron chi connectivity index (χ3n) is 15.7. The van der Waals surface area contributed by atoms with E-state index in [1.807, 2.05) is 0 Å². The lowest BCUT2D eigenvalue weighted by Crippen LogP contribution is -2.30. The minimum Gasteiger partial charge on any atom is -0.462 e. The Morgan fingerprint density at radius 1 is 0.247 bits per heavy atom. The highest BCUT2D eigenvalue weighted by atomic mass is 16.6. The molecule has 6 nitrogen and oxygen atoms in total. The second kappa shape index (κ2) is 69.3. The van der Waals surface area contributed by atoms with Crippen molar-refractivity contribution in [2.75, 3.05) is 13.2 Å². The van der Waals surface area contributed by atoms with Gasteiger partial charge in [0.15, 0.2) is 6.10 Å². The summed E-state index contributed by atoms with van der Waals surface area (Å²) in [5.41, 5.74) is 0. The van der Waals surface area contributed by atoms with E-state index in [0.29, 0.717) is 19.3 Å². The lowest BCUT2D eigenvalue weighted by atomic mass is 10.0. The number of hydrogen-bond acceptors (Lipinski definition) is 6. The molecule has 0 aliphatic carbocycles. The van der Waals surface area contributed by atoms with Crippen molar-refractivity contribution in [1.29, 1.82) is 0 Å². The summed E-state index contributed by atoms with van der Waals surface area (Å²) >= 11 is 0. The van der Waals surface area contributed by atoms with Crippen LogP contribution >= 0.6 is 0 Å². The number of unbranched alkanes of at least 4 members (excludes halogenated alkanes) is 42. The fraction of sp³-hybridized carbons (Fsp3) is 0.800. The third kappa shape index (κ3) is 67.5. The smallest absolute Gasteiger partial charge is 0.306 e. The molecular formula is C75H134O6. The number of ether oxygens (including phenoxy) is 3. The molecule has 81 heavy (non-hydrogen) atoms. The van der Waals surface area contributed by atoms with Crippen molar-refractivity contribution in [3.8, 4) is 0 Å². The minimum absolute atomic E-state index is 0.0788. The van der Waals surface area contributed by atoms with Crippen LogP contribution in [0.3, 0.4) is 0 Å². The summed E-state index contributed by atoms with van der Waals surface area (Å²) in [7, 11) is 0. The van der Waals surface area contributed by atoms with Gasteiger partial charge in [0.25, 0.3) is 0 Å². The first kappa shape index (κ1) is 77.9. The predicted octanol–water partition coefficient (Wildman–Crippen LogP) is 24.4. The normalized spacial score (nSPS) is 12.5. The van der Waals surface area contributed by atoms with Gasteiger partial charge in [-0.15, -0.1) is 0 Å². The van der Waals surface area contributed by atoms with E-state index in [0.717, 1.165) is 83.5 Å². The lowest BCUT2D eigenvalue weighted by Gasteiger charge is -2.18. The van der Waals surface area contributed by atoms with Crippen molar-refractivity contribution in [1.82, 2.24) is 0 Å². The van der Waals surface area contributed by atoms with Crippen LogP contribution in [-0.2, 0) is 28.6 Å². The molecule has 0 aliphatic heterocycles. The Balaban J connectivity index is 4.33. The Labute approximate surface area is 503 Å². The van der Waals surface area contributed by atoms with Gasteiger partial charge in [-0.05, 0) is 116 Å². The molecule has 0 N–H and O–H groups in total. The van der Waals surface area contributed by atoms with Crippen LogP contribution in [0.5, 0.6) is 0 Å². The van der Waals surface area contributed by atoms with E-state index in [4.69, 9.17) is 14.2 Å². The van der Waals surface area contributed by atoms with Crippen LogP contribution in [-0.4, -0.2) is 37.2 Å². The van der Waals surface area contributed by atoms with Gasteiger partial charge in [-0.3, -0.25) is 14.4 Å². The third-order valence-corrected chi connectivity index (χ3v) is 15.7. The molecule has 0 aliphatic rings. The summed E-state index contributed by atoms with van der Waals surface area (Å²) in [5, 5.41) is 0. The van der Waals surface area contributed by atoms with Crippen LogP contribution in [0.1, 0.15) is 367 Å². The average molecular weight is 1130 g/mol. The highest BCUT2D eigenvalue weighted by Crippen LogP contribution is 2.17. The van der Waals surface area contributed by atoms with Gasteiger partial charge in [0.1, 0.15) is 13.2 Å². The van der Waals surface area contributed by atoms with E-state index in [1.54, 1.807) is 0 Å². The first-order valence-corrected chi connectivity index (χ1v) is 35.4. The second-order valence-electron chi connectivity index (χ2n) is 23.8. The van der Waals surface area contributed by atoms with Crippen LogP contribution < -0.4 is 0 Å². The van der Waals surface area contributed by atoms with Crippen LogP contribution in [0, 0.1) is 0 Å². The van der Waals surface area contributed by atoms with Crippen molar-refractivity contribution in [3.63, 3.8) is 0 Å². The van der Waals surface area contributed by atoms with Gasteiger partial charge >= 0.3 is 17.9 Å². The van der Waals surface area contributed by atoms with Crippen molar-refractivity contribution < 1.29 is 28.6 Å². The van der Waals surface area contributed by atoms with Crippen molar-refractivity contribution in [2.24, 2.45) is 0 Å². The summed E-state index contributed by atoms with van der Waals surface area (Å²) in [5.74, 6) is -0.873. The van der Waals surface area contributed by atoms with E-state index in [1.165, 1.54) is 244 Å². The van der Waals surface area contributed by atoms with E-state index in [2.05, 4.69) is 93.7 Å². The Morgan fingerprint density at radius 3 is 0.704 bits per heavy atom. The summed E-state index contributed by atoms with van der Waals surface area (Å²) in [4.78, 5) is 38.5. The predicted molar refractivity (Wildman–Crippen MR) is 353 cm³/mol. The monoisotopic (exact) mass is 1130 g/mol. The quantitative estimate of drug-likeness (QED) is 0.0261. The van der Waals surface area contributed by atoms with Crippen molar-refractivity contribution >= 4 is 17.9 Å². The Kier molecular flexibility index (Phi) is 66.6. The fourth-order valence-corrected chi connectivity index (χ4v) is 10.3. The molecule has 0 aromatic rings. The summed E-state index contributed by atoms with van der Waals surface area (Å²) in [6.45, 7) is 6.65. The zero-order valence-electron chi connectivity index (χ0n) is 54.1. The van der Waals surface area contributed by atoms with Gasteiger partial charge in [-0.2, -0.15) is 0 Å². The van der Waals surface area contributed by atoms with Gasteiger partial charge in [0.05, 0.1) is 0 Å². The molecular weight excluding hydrogens is 997 g/mol. The molecule has 0 saturated carbocycles. The van der Waals surface area contributed by atoms with Gasteiger partial charge < -0.3 is 14.2 Å². The number of hydrogen-bond donors (Lipinski definition) is 0. The highest BCUT2D eigenvalue weighted by molar-refractivity contribution is 5.71. The lowest BCUT2D eigenvalue weighted by molar-refractivity contribution is -0.167. The van der Waals surface area contributed by atoms with E-state index in [-0.39, 0.29) is 31.1 Å². The molecule has 470 valence electrons. The minimum atomic E-state index is -0.783. The molecule has 0 rings (SSSR count). The number of esters is 3. The molecule has 0 saturated heterocycles. The van der Waals surface area contributed by atoms with Gasteiger partial charge in [0, 0.05) is 19.3 Å². The SMILES string of the molecule is CCCCCCC/C=C\C/C=C\C/C=C\CCCCCCCCCCCCC(=O)OCC(COC(=O)CCCCCCC/C=C\CCCCCCCC)OC(=O)CCCCCCCCCCCCC/C=C\C/C=C\CCCCCCC. The largest absolute Gasteiger partial charge is 0.462 e. The number of rotatable bonds is 65. The van der Waals surface area contributed by atoms with Crippen LogP contribution in [0.15, 0.2) is 72.9 Å². The molecule has 0 aromatic heterocycles. The summed E-state index contributed by atoms with van der Waals surface area (Å²) < 4.78 is 17.0. The average Bonchev–Trinajstić information content (AvgIpc) is 3.47. The molecule has 1 unspecified atom stereocenters. The molecule has 0 radical (unpaired) electrons. The molecule has 0 fully saturated rings.